The van der Waals surface area contributed by atoms with Gasteiger partial charge in [-0.2, -0.15) is 0 Å². The molecule has 118 valence electrons. The molecule has 0 radical (unpaired) electrons. The third-order valence-electron chi connectivity index (χ3n) is 3.67. The minimum atomic E-state index is -0.832. The molecule has 0 aromatic heterocycles. The highest BCUT2D eigenvalue weighted by atomic mass is 16.6. The number of methoxy groups -OCH3 is 1. The van der Waals surface area contributed by atoms with Crippen LogP contribution in [0, 0.1) is 5.92 Å². The molecular formula is C15H30N2O3. The predicted octanol–water partition coefficient (Wildman–Crippen LogP) is 1.35. The summed E-state index contributed by atoms with van der Waals surface area (Å²) in [6, 6.07) is -0.329. The number of amides is 1. The normalized spacial score (nSPS) is 23.9. The summed E-state index contributed by atoms with van der Waals surface area (Å²) in [6.45, 7) is 10.9. The summed E-state index contributed by atoms with van der Waals surface area (Å²) in [7, 11) is 1.50. The van der Waals surface area contributed by atoms with Crippen LogP contribution in [0.15, 0.2) is 0 Å². The average Bonchev–Trinajstić information content (AvgIpc) is 2.74. The van der Waals surface area contributed by atoms with Crippen molar-refractivity contribution in [3.8, 4) is 0 Å². The molecule has 0 aliphatic carbocycles. The second-order valence-electron chi connectivity index (χ2n) is 7.00. The molecule has 2 N–H and O–H groups in total. The van der Waals surface area contributed by atoms with E-state index in [0.717, 1.165) is 19.4 Å². The lowest BCUT2D eigenvalue weighted by Gasteiger charge is -2.37. The van der Waals surface area contributed by atoms with E-state index in [9.17, 15) is 9.90 Å². The fourth-order valence-corrected chi connectivity index (χ4v) is 2.90. The van der Waals surface area contributed by atoms with E-state index in [4.69, 9.17) is 4.74 Å². The monoisotopic (exact) mass is 286 g/mol. The largest absolute Gasteiger partial charge is 0.367 e. The molecule has 0 spiro atoms. The van der Waals surface area contributed by atoms with Crippen LogP contribution in [0.2, 0.25) is 0 Å². The molecule has 1 heterocycles. The fraction of sp³-hybridized carbons (Fsp3) is 0.933. The van der Waals surface area contributed by atoms with Gasteiger partial charge in [0.25, 0.3) is 0 Å². The van der Waals surface area contributed by atoms with E-state index in [2.05, 4.69) is 10.2 Å². The standard InChI is InChI=1S/C15H30N2O3/c1-10(2)12(13(18)16-15(3,4)5)17-9-7-8-11(17)14(19)20-6/h10-12,14,19H,7-9H2,1-6H3,(H,16,18)/t11-,12?,14?/m1/s1. The zero-order valence-electron chi connectivity index (χ0n) is 13.6. The number of nitrogens with one attached hydrogen (secondary N) is 1. The summed E-state index contributed by atoms with van der Waals surface area (Å²) in [6.07, 6.45) is 1.01. The summed E-state index contributed by atoms with van der Waals surface area (Å²) in [5.41, 5.74) is -0.251. The van der Waals surface area contributed by atoms with E-state index in [0.29, 0.717) is 0 Å². The first kappa shape index (κ1) is 17.4. The number of hydrogen-bond donors (Lipinski definition) is 2. The molecule has 0 aromatic carbocycles. The smallest absolute Gasteiger partial charge is 0.238 e. The molecule has 1 aliphatic rings. The Hall–Kier alpha value is -0.650. The van der Waals surface area contributed by atoms with Gasteiger partial charge in [-0.05, 0) is 46.1 Å². The summed E-state index contributed by atoms with van der Waals surface area (Å²) >= 11 is 0. The molecule has 3 atom stereocenters. The van der Waals surface area contributed by atoms with Crippen molar-refractivity contribution >= 4 is 5.91 Å². The quantitative estimate of drug-likeness (QED) is 0.749. The van der Waals surface area contributed by atoms with Crippen LogP contribution < -0.4 is 5.32 Å². The van der Waals surface area contributed by atoms with Gasteiger partial charge in [0.15, 0.2) is 6.29 Å². The van der Waals surface area contributed by atoms with Gasteiger partial charge in [-0.25, -0.2) is 0 Å². The Morgan fingerprint density at radius 1 is 1.40 bits per heavy atom. The first-order chi connectivity index (χ1) is 9.17. The van der Waals surface area contributed by atoms with Crippen molar-refractivity contribution in [2.24, 2.45) is 5.92 Å². The lowest BCUT2D eigenvalue weighted by molar-refractivity contribution is -0.142. The van der Waals surface area contributed by atoms with Crippen LogP contribution in [0.25, 0.3) is 0 Å². The Morgan fingerprint density at radius 2 is 2.00 bits per heavy atom. The molecule has 0 bridgehead atoms. The number of carbonyl (C=O) groups is 1. The highest BCUT2D eigenvalue weighted by Crippen LogP contribution is 2.26. The molecular weight excluding hydrogens is 256 g/mol. The molecule has 0 aromatic rings. The lowest BCUT2D eigenvalue weighted by Crippen LogP contribution is -2.57. The van der Waals surface area contributed by atoms with Crippen molar-refractivity contribution in [3.63, 3.8) is 0 Å². The van der Waals surface area contributed by atoms with Crippen LogP contribution >= 0.6 is 0 Å². The van der Waals surface area contributed by atoms with Gasteiger partial charge in [-0.15, -0.1) is 0 Å². The number of aliphatic hydroxyl groups is 1. The van der Waals surface area contributed by atoms with Gasteiger partial charge in [0.05, 0.1) is 12.1 Å². The van der Waals surface area contributed by atoms with Crippen LogP contribution in [0.3, 0.4) is 0 Å². The van der Waals surface area contributed by atoms with Gasteiger partial charge >= 0.3 is 0 Å². The highest BCUT2D eigenvalue weighted by molar-refractivity contribution is 5.82. The Morgan fingerprint density at radius 3 is 2.45 bits per heavy atom. The molecule has 1 aliphatic heterocycles. The minimum absolute atomic E-state index is 0.0303. The molecule has 1 amide bonds. The summed E-state index contributed by atoms with van der Waals surface area (Å²) in [4.78, 5) is 14.7. The number of hydrogen-bond acceptors (Lipinski definition) is 4. The summed E-state index contributed by atoms with van der Waals surface area (Å²) < 4.78 is 5.06. The predicted molar refractivity (Wildman–Crippen MR) is 79.3 cm³/mol. The maximum absolute atomic E-state index is 12.6. The molecule has 1 rings (SSSR count). The second-order valence-corrected chi connectivity index (χ2v) is 7.00. The lowest BCUT2D eigenvalue weighted by atomic mass is 9.98. The van der Waals surface area contributed by atoms with Crippen molar-refractivity contribution in [2.45, 2.75) is 71.4 Å². The number of likely N-dealkylation sites (tertiary alicyclic amines) is 1. The Balaban J connectivity index is 2.87. The molecule has 5 heteroatoms. The SMILES string of the molecule is COC(O)[C@H]1CCCN1C(C(=O)NC(C)(C)C)C(C)C. The third kappa shape index (κ3) is 4.43. The second kappa shape index (κ2) is 6.87. The van der Waals surface area contributed by atoms with Crippen LogP contribution in [0.4, 0.5) is 0 Å². The third-order valence-corrected chi connectivity index (χ3v) is 3.67. The molecule has 5 nitrogen and oxygen atoms in total. The number of aliphatic hydroxyl groups excluding tert-OH is 1. The fourth-order valence-electron chi connectivity index (χ4n) is 2.90. The van der Waals surface area contributed by atoms with Crippen molar-refractivity contribution in [2.75, 3.05) is 13.7 Å². The van der Waals surface area contributed by atoms with Gasteiger partial charge in [-0.1, -0.05) is 13.8 Å². The van der Waals surface area contributed by atoms with Crippen molar-refractivity contribution in [1.29, 1.82) is 0 Å². The number of ether oxygens (including phenoxy) is 1. The van der Waals surface area contributed by atoms with Crippen molar-refractivity contribution in [1.82, 2.24) is 10.2 Å². The van der Waals surface area contributed by atoms with Crippen LogP contribution in [0.1, 0.15) is 47.5 Å². The summed E-state index contributed by atoms with van der Waals surface area (Å²) in [5.74, 6) is 0.213. The van der Waals surface area contributed by atoms with Crippen LogP contribution in [0.5, 0.6) is 0 Å². The number of carbonyl (C=O) groups excluding carboxylic acids is 1. The first-order valence-electron chi connectivity index (χ1n) is 7.46. The van der Waals surface area contributed by atoms with E-state index in [1.807, 2.05) is 34.6 Å². The maximum Gasteiger partial charge on any atom is 0.238 e. The zero-order chi connectivity index (χ0) is 15.5. The van der Waals surface area contributed by atoms with Gasteiger partial charge in [0.2, 0.25) is 5.91 Å². The minimum Gasteiger partial charge on any atom is -0.367 e. The first-order valence-corrected chi connectivity index (χ1v) is 7.46. The average molecular weight is 286 g/mol. The van der Waals surface area contributed by atoms with E-state index in [1.54, 1.807) is 0 Å². The zero-order valence-corrected chi connectivity index (χ0v) is 13.6. The van der Waals surface area contributed by atoms with E-state index < -0.39 is 6.29 Å². The van der Waals surface area contributed by atoms with Gasteiger partial charge in [-0.3, -0.25) is 9.69 Å². The van der Waals surface area contributed by atoms with Crippen LogP contribution in [-0.2, 0) is 9.53 Å². The molecule has 20 heavy (non-hydrogen) atoms. The van der Waals surface area contributed by atoms with Gasteiger partial charge < -0.3 is 15.2 Å². The molecule has 1 saturated heterocycles. The van der Waals surface area contributed by atoms with Crippen molar-refractivity contribution < 1.29 is 14.6 Å². The van der Waals surface area contributed by atoms with E-state index in [1.165, 1.54) is 7.11 Å². The maximum atomic E-state index is 12.6. The highest BCUT2D eigenvalue weighted by Gasteiger charge is 2.40. The Kier molecular flexibility index (Phi) is 5.98. The Labute approximate surface area is 122 Å². The van der Waals surface area contributed by atoms with Crippen LogP contribution in [-0.4, -0.2) is 53.5 Å². The Bertz CT molecular complexity index is 326. The number of rotatable bonds is 5. The molecule has 1 fully saturated rings. The van der Waals surface area contributed by atoms with E-state index >= 15 is 0 Å². The van der Waals surface area contributed by atoms with E-state index in [-0.39, 0.29) is 29.4 Å². The number of nitrogens with zero attached hydrogens (tertiary/aromatic N) is 1. The molecule has 0 saturated carbocycles. The van der Waals surface area contributed by atoms with Gasteiger partial charge in [0, 0.05) is 12.6 Å². The molecule has 2 unspecified atom stereocenters. The van der Waals surface area contributed by atoms with Crippen molar-refractivity contribution in [3.05, 3.63) is 0 Å². The topological polar surface area (TPSA) is 61.8 Å². The van der Waals surface area contributed by atoms with Gasteiger partial charge in [0.1, 0.15) is 0 Å². The summed E-state index contributed by atoms with van der Waals surface area (Å²) in [5, 5.41) is 13.0.